The molecule has 3 heteroatoms. The van der Waals surface area contributed by atoms with Gasteiger partial charge in [0.15, 0.2) is 0 Å². The van der Waals surface area contributed by atoms with Crippen LogP contribution in [-0.2, 0) is 5.33 Å². The van der Waals surface area contributed by atoms with Crippen LogP contribution in [0.5, 0.6) is 0 Å². The van der Waals surface area contributed by atoms with Gasteiger partial charge in [0, 0.05) is 16.5 Å². The van der Waals surface area contributed by atoms with Gasteiger partial charge in [-0.25, -0.2) is 0 Å². The van der Waals surface area contributed by atoms with Gasteiger partial charge in [0.05, 0.1) is 5.69 Å². The highest BCUT2D eigenvalue weighted by molar-refractivity contribution is 9.08. The maximum atomic E-state index is 5.83. The Morgan fingerprint density at radius 1 is 1.70 bits per heavy atom. The SMILES string of the molecule is Cc1c(Cl)ccnc1CBr. The van der Waals surface area contributed by atoms with E-state index in [1.165, 1.54) is 0 Å². The average Bonchev–Trinajstić information content (AvgIpc) is 1.95. The summed E-state index contributed by atoms with van der Waals surface area (Å²) < 4.78 is 0. The summed E-state index contributed by atoms with van der Waals surface area (Å²) in [5, 5.41) is 1.55. The Morgan fingerprint density at radius 3 is 2.90 bits per heavy atom. The molecule has 0 saturated carbocycles. The topological polar surface area (TPSA) is 12.9 Å². The quantitative estimate of drug-likeness (QED) is 0.663. The predicted molar refractivity (Wildman–Crippen MR) is 46.6 cm³/mol. The largest absolute Gasteiger partial charge is 0.260 e. The highest BCUT2D eigenvalue weighted by atomic mass is 79.9. The van der Waals surface area contributed by atoms with Gasteiger partial charge in [0.1, 0.15) is 0 Å². The lowest BCUT2D eigenvalue weighted by Gasteiger charge is -2.00. The van der Waals surface area contributed by atoms with Crippen molar-refractivity contribution in [3.63, 3.8) is 0 Å². The van der Waals surface area contributed by atoms with Crippen LogP contribution in [-0.4, -0.2) is 4.98 Å². The van der Waals surface area contributed by atoms with Crippen molar-refractivity contribution in [1.29, 1.82) is 0 Å². The molecule has 54 valence electrons. The zero-order valence-electron chi connectivity index (χ0n) is 5.56. The number of pyridine rings is 1. The molecule has 0 radical (unpaired) electrons. The molecule has 10 heavy (non-hydrogen) atoms. The van der Waals surface area contributed by atoms with Crippen LogP contribution in [0.15, 0.2) is 12.3 Å². The first kappa shape index (κ1) is 8.02. The Kier molecular flexibility index (Phi) is 2.69. The lowest BCUT2D eigenvalue weighted by molar-refractivity contribution is 1.14. The van der Waals surface area contributed by atoms with Crippen molar-refractivity contribution in [3.05, 3.63) is 28.5 Å². The second-order valence-corrected chi connectivity index (χ2v) is 2.97. The van der Waals surface area contributed by atoms with Gasteiger partial charge in [0.25, 0.3) is 0 Å². The fourth-order valence-corrected chi connectivity index (χ4v) is 1.42. The summed E-state index contributed by atoms with van der Waals surface area (Å²) in [6.07, 6.45) is 1.71. The van der Waals surface area contributed by atoms with Crippen LogP contribution in [0.25, 0.3) is 0 Å². The van der Waals surface area contributed by atoms with E-state index in [1.54, 1.807) is 12.3 Å². The summed E-state index contributed by atoms with van der Waals surface area (Å²) in [7, 11) is 0. The van der Waals surface area contributed by atoms with Crippen LogP contribution in [0, 0.1) is 6.92 Å². The standard InChI is InChI=1S/C7H7BrClN/c1-5-6(9)2-3-10-7(5)4-8/h2-3H,4H2,1H3. The summed E-state index contributed by atoms with van der Waals surface area (Å²) >= 11 is 9.15. The summed E-state index contributed by atoms with van der Waals surface area (Å²) in [5.74, 6) is 0. The first-order valence-corrected chi connectivity index (χ1v) is 4.41. The van der Waals surface area contributed by atoms with E-state index >= 15 is 0 Å². The molecule has 0 unspecified atom stereocenters. The lowest BCUT2D eigenvalue weighted by atomic mass is 10.2. The van der Waals surface area contributed by atoms with E-state index in [1.807, 2.05) is 6.92 Å². The predicted octanol–water partition coefficient (Wildman–Crippen LogP) is 2.94. The third-order valence-corrected chi connectivity index (χ3v) is 2.31. The molecule has 0 aliphatic heterocycles. The van der Waals surface area contributed by atoms with Crippen molar-refractivity contribution in [2.24, 2.45) is 0 Å². The summed E-state index contributed by atoms with van der Waals surface area (Å²) in [5.41, 5.74) is 2.06. The molecule has 0 aliphatic rings. The number of hydrogen-bond donors (Lipinski definition) is 0. The van der Waals surface area contributed by atoms with Gasteiger partial charge in [-0.3, -0.25) is 4.98 Å². The van der Waals surface area contributed by atoms with E-state index in [2.05, 4.69) is 20.9 Å². The molecular formula is C7H7BrClN. The number of hydrogen-bond acceptors (Lipinski definition) is 1. The van der Waals surface area contributed by atoms with Crippen LogP contribution in [0.3, 0.4) is 0 Å². The minimum atomic E-state index is 0.763. The molecule has 0 bridgehead atoms. The molecule has 1 aromatic rings. The Bertz CT molecular complexity index is 237. The van der Waals surface area contributed by atoms with Gasteiger partial charge in [-0.1, -0.05) is 27.5 Å². The van der Waals surface area contributed by atoms with E-state index in [-0.39, 0.29) is 0 Å². The van der Waals surface area contributed by atoms with E-state index in [4.69, 9.17) is 11.6 Å². The van der Waals surface area contributed by atoms with E-state index in [0.29, 0.717) is 0 Å². The van der Waals surface area contributed by atoms with Crippen LogP contribution < -0.4 is 0 Å². The third kappa shape index (κ3) is 1.50. The number of alkyl halides is 1. The minimum Gasteiger partial charge on any atom is -0.260 e. The van der Waals surface area contributed by atoms with Crippen LogP contribution >= 0.6 is 27.5 Å². The molecule has 0 saturated heterocycles. The van der Waals surface area contributed by atoms with Gasteiger partial charge in [-0.05, 0) is 18.6 Å². The summed E-state index contributed by atoms with van der Waals surface area (Å²) in [4.78, 5) is 4.13. The molecule has 0 spiro atoms. The molecule has 0 amide bonds. The van der Waals surface area contributed by atoms with Crippen molar-refractivity contribution in [1.82, 2.24) is 4.98 Å². The molecule has 0 aliphatic carbocycles. The van der Waals surface area contributed by atoms with Gasteiger partial charge < -0.3 is 0 Å². The second-order valence-electron chi connectivity index (χ2n) is 2.00. The molecule has 1 heterocycles. The van der Waals surface area contributed by atoms with Crippen LogP contribution in [0.2, 0.25) is 5.02 Å². The highest BCUT2D eigenvalue weighted by Crippen LogP contribution is 2.17. The fourth-order valence-electron chi connectivity index (χ4n) is 0.687. The number of aromatic nitrogens is 1. The first-order valence-electron chi connectivity index (χ1n) is 2.91. The van der Waals surface area contributed by atoms with E-state index in [0.717, 1.165) is 21.6 Å². The minimum absolute atomic E-state index is 0.763. The molecular weight excluding hydrogens is 213 g/mol. The summed E-state index contributed by atoms with van der Waals surface area (Å²) in [6, 6.07) is 1.79. The van der Waals surface area contributed by atoms with E-state index < -0.39 is 0 Å². The van der Waals surface area contributed by atoms with Crippen molar-refractivity contribution in [3.8, 4) is 0 Å². The Labute approximate surface area is 73.6 Å². The smallest absolute Gasteiger partial charge is 0.0553 e. The average molecular weight is 220 g/mol. The van der Waals surface area contributed by atoms with Crippen LogP contribution in [0.1, 0.15) is 11.3 Å². The third-order valence-electron chi connectivity index (χ3n) is 1.37. The summed E-state index contributed by atoms with van der Waals surface area (Å²) in [6.45, 7) is 1.96. The Morgan fingerprint density at radius 2 is 2.40 bits per heavy atom. The van der Waals surface area contributed by atoms with E-state index in [9.17, 15) is 0 Å². The maximum absolute atomic E-state index is 5.83. The second kappa shape index (κ2) is 3.35. The fraction of sp³-hybridized carbons (Fsp3) is 0.286. The molecule has 1 nitrogen and oxygen atoms in total. The Balaban J connectivity index is 3.14. The van der Waals surface area contributed by atoms with Crippen molar-refractivity contribution in [2.75, 3.05) is 0 Å². The molecule has 0 N–H and O–H groups in total. The van der Waals surface area contributed by atoms with Gasteiger partial charge in [-0.15, -0.1) is 0 Å². The zero-order chi connectivity index (χ0) is 7.56. The first-order chi connectivity index (χ1) is 4.75. The van der Waals surface area contributed by atoms with Gasteiger partial charge >= 0.3 is 0 Å². The Hall–Kier alpha value is -0.0800. The number of halogens is 2. The van der Waals surface area contributed by atoms with Crippen molar-refractivity contribution >= 4 is 27.5 Å². The van der Waals surface area contributed by atoms with Crippen LogP contribution in [0.4, 0.5) is 0 Å². The molecule has 0 aromatic carbocycles. The molecule has 0 fully saturated rings. The molecule has 0 atom stereocenters. The highest BCUT2D eigenvalue weighted by Gasteiger charge is 1.99. The number of rotatable bonds is 1. The maximum Gasteiger partial charge on any atom is 0.0553 e. The molecule has 1 rings (SSSR count). The normalized spacial score (nSPS) is 9.90. The monoisotopic (exact) mass is 219 g/mol. The molecule has 1 aromatic heterocycles. The van der Waals surface area contributed by atoms with Crippen molar-refractivity contribution < 1.29 is 0 Å². The van der Waals surface area contributed by atoms with Crippen molar-refractivity contribution in [2.45, 2.75) is 12.3 Å². The number of nitrogens with zero attached hydrogens (tertiary/aromatic N) is 1. The lowest BCUT2D eigenvalue weighted by Crippen LogP contribution is -1.89. The zero-order valence-corrected chi connectivity index (χ0v) is 7.91. The van der Waals surface area contributed by atoms with Gasteiger partial charge in [-0.2, -0.15) is 0 Å². The van der Waals surface area contributed by atoms with Gasteiger partial charge in [0.2, 0.25) is 0 Å².